The molecule has 1 aliphatic carbocycles. The largest absolute Gasteiger partial charge is 0.394 e. The first-order valence-electron chi connectivity index (χ1n) is 11.0. The maximum Gasteiger partial charge on any atom is 0.225 e. The average molecular weight is 492 g/mol. The Morgan fingerprint density at radius 1 is 1.24 bits per heavy atom. The van der Waals surface area contributed by atoms with Gasteiger partial charge in [0.25, 0.3) is 0 Å². The van der Waals surface area contributed by atoms with Crippen molar-refractivity contribution in [2.24, 2.45) is 11.7 Å². The lowest BCUT2D eigenvalue weighted by molar-refractivity contribution is -0.122. The van der Waals surface area contributed by atoms with Crippen molar-refractivity contribution in [1.82, 2.24) is 19.5 Å². The summed E-state index contributed by atoms with van der Waals surface area (Å²) in [6.07, 6.45) is 5.29. The number of carbonyl (C=O) groups excluding carboxylic acids is 1. The molecule has 4 rings (SSSR count). The third-order valence-electron chi connectivity index (χ3n) is 6.14. The van der Waals surface area contributed by atoms with Gasteiger partial charge in [0.15, 0.2) is 5.65 Å². The number of hydrogen-bond acceptors (Lipinski definition) is 7. The van der Waals surface area contributed by atoms with E-state index in [0.29, 0.717) is 51.6 Å². The Labute approximate surface area is 201 Å². The molecular formula is C22H27Cl2N7O2. The van der Waals surface area contributed by atoms with Crippen LogP contribution in [-0.4, -0.2) is 43.2 Å². The molecule has 0 radical (unpaired) electrons. The standard InChI is InChI=1S/C22H27Cl2N7O2/c1-2-13(11-32)27-21-26-10-17-20(30-21)31(14-8-6-12(7-9-14)19(25)33)22(28-17)29-18-15(23)4-3-5-16(18)24/h3-5,10,12-14,32H,2,6-9,11H2,1H3,(H2,25,33)(H,28,29)(H,26,27,30)/t12?,13-,14?/m0/s1. The van der Waals surface area contributed by atoms with E-state index in [1.165, 1.54) is 0 Å². The van der Waals surface area contributed by atoms with Gasteiger partial charge < -0.3 is 21.5 Å². The highest BCUT2D eigenvalue weighted by atomic mass is 35.5. The number of nitrogens with zero attached hydrogens (tertiary/aromatic N) is 4. The number of para-hydroxylation sites is 1. The fourth-order valence-electron chi connectivity index (χ4n) is 4.20. The number of hydrogen-bond donors (Lipinski definition) is 4. The molecule has 11 heteroatoms. The molecule has 0 unspecified atom stereocenters. The van der Waals surface area contributed by atoms with Crippen molar-refractivity contribution in [3.8, 4) is 0 Å². The Hall–Kier alpha value is -2.62. The Morgan fingerprint density at radius 3 is 2.55 bits per heavy atom. The van der Waals surface area contributed by atoms with Gasteiger partial charge in [-0.1, -0.05) is 36.2 Å². The zero-order chi connectivity index (χ0) is 23.5. The molecule has 0 saturated heterocycles. The number of nitrogens with two attached hydrogens (primary N) is 1. The fourth-order valence-corrected chi connectivity index (χ4v) is 4.69. The molecule has 5 N–H and O–H groups in total. The minimum atomic E-state index is -0.256. The molecule has 33 heavy (non-hydrogen) atoms. The van der Waals surface area contributed by atoms with Crippen LogP contribution in [0.3, 0.4) is 0 Å². The van der Waals surface area contributed by atoms with E-state index in [2.05, 4.69) is 15.6 Å². The molecule has 0 bridgehead atoms. The molecule has 176 valence electrons. The van der Waals surface area contributed by atoms with Crippen LogP contribution in [0.5, 0.6) is 0 Å². The molecule has 1 atom stereocenters. The van der Waals surface area contributed by atoms with E-state index < -0.39 is 0 Å². The second-order valence-corrected chi connectivity index (χ2v) is 9.08. The number of imidazole rings is 1. The highest BCUT2D eigenvalue weighted by Gasteiger charge is 2.29. The number of aromatic nitrogens is 4. The lowest BCUT2D eigenvalue weighted by Gasteiger charge is -2.29. The van der Waals surface area contributed by atoms with Crippen LogP contribution < -0.4 is 16.4 Å². The van der Waals surface area contributed by atoms with Gasteiger partial charge in [0, 0.05) is 12.0 Å². The first kappa shape index (κ1) is 23.5. The molecule has 2 heterocycles. The minimum Gasteiger partial charge on any atom is -0.394 e. The number of fused-ring (bicyclic) bond motifs is 1. The number of aliphatic hydroxyl groups excluding tert-OH is 1. The normalized spacial score (nSPS) is 19.4. The lowest BCUT2D eigenvalue weighted by Crippen LogP contribution is -2.29. The van der Waals surface area contributed by atoms with Crippen molar-refractivity contribution >= 4 is 57.9 Å². The van der Waals surface area contributed by atoms with Gasteiger partial charge in [-0.15, -0.1) is 0 Å². The Kier molecular flexibility index (Phi) is 7.21. The Morgan fingerprint density at radius 2 is 1.94 bits per heavy atom. The summed E-state index contributed by atoms with van der Waals surface area (Å²) in [5, 5.41) is 16.9. The highest BCUT2D eigenvalue weighted by molar-refractivity contribution is 6.39. The summed E-state index contributed by atoms with van der Waals surface area (Å²) in [4.78, 5) is 25.5. The predicted molar refractivity (Wildman–Crippen MR) is 130 cm³/mol. The topological polar surface area (TPSA) is 131 Å². The molecule has 1 amide bonds. The van der Waals surface area contributed by atoms with Crippen LogP contribution in [0.15, 0.2) is 24.4 Å². The molecule has 1 fully saturated rings. The van der Waals surface area contributed by atoms with Crippen molar-refractivity contribution in [1.29, 1.82) is 0 Å². The molecule has 2 aromatic heterocycles. The number of aliphatic hydroxyl groups is 1. The average Bonchev–Trinajstić information content (AvgIpc) is 3.17. The second kappa shape index (κ2) is 10.1. The van der Waals surface area contributed by atoms with Crippen LogP contribution in [0.25, 0.3) is 11.2 Å². The summed E-state index contributed by atoms with van der Waals surface area (Å²) in [5.74, 6) is 0.585. The van der Waals surface area contributed by atoms with E-state index in [1.807, 2.05) is 11.5 Å². The first-order chi connectivity index (χ1) is 15.9. The van der Waals surface area contributed by atoms with Gasteiger partial charge in [-0.05, 0) is 44.2 Å². The Balaban J connectivity index is 1.76. The van der Waals surface area contributed by atoms with E-state index >= 15 is 0 Å². The number of amides is 1. The van der Waals surface area contributed by atoms with Gasteiger partial charge in [-0.3, -0.25) is 9.36 Å². The van der Waals surface area contributed by atoms with Crippen LogP contribution in [0.2, 0.25) is 10.0 Å². The number of rotatable bonds is 8. The number of halogens is 2. The van der Waals surface area contributed by atoms with Crippen molar-refractivity contribution in [3.63, 3.8) is 0 Å². The van der Waals surface area contributed by atoms with Crippen molar-refractivity contribution in [3.05, 3.63) is 34.4 Å². The van der Waals surface area contributed by atoms with Crippen LogP contribution in [-0.2, 0) is 4.79 Å². The molecule has 1 aliphatic rings. The summed E-state index contributed by atoms with van der Waals surface area (Å²) in [6.45, 7) is 1.95. The Bertz CT molecular complexity index is 1120. The maximum absolute atomic E-state index is 11.7. The lowest BCUT2D eigenvalue weighted by atomic mass is 9.85. The van der Waals surface area contributed by atoms with Crippen LogP contribution in [0, 0.1) is 5.92 Å². The summed E-state index contributed by atoms with van der Waals surface area (Å²) in [6, 6.07) is 5.19. The SMILES string of the molecule is CC[C@@H](CO)Nc1ncc2nc(Nc3c(Cl)cccc3Cl)n(C3CCC(C(N)=O)CC3)c2n1. The summed E-state index contributed by atoms with van der Waals surface area (Å²) < 4.78 is 2.03. The molecule has 9 nitrogen and oxygen atoms in total. The molecule has 0 spiro atoms. The van der Waals surface area contributed by atoms with E-state index in [4.69, 9.17) is 38.9 Å². The third-order valence-corrected chi connectivity index (χ3v) is 6.77. The van der Waals surface area contributed by atoms with Crippen LogP contribution in [0.4, 0.5) is 17.6 Å². The van der Waals surface area contributed by atoms with Gasteiger partial charge >= 0.3 is 0 Å². The number of benzene rings is 1. The van der Waals surface area contributed by atoms with Crippen molar-refractivity contribution < 1.29 is 9.90 Å². The van der Waals surface area contributed by atoms with E-state index in [1.54, 1.807) is 24.4 Å². The second-order valence-electron chi connectivity index (χ2n) is 8.27. The predicted octanol–water partition coefficient (Wildman–Crippen LogP) is 4.28. The molecule has 3 aromatic rings. The number of carbonyl (C=O) groups is 1. The van der Waals surface area contributed by atoms with Gasteiger partial charge in [0.1, 0.15) is 5.52 Å². The minimum absolute atomic E-state index is 0.0217. The van der Waals surface area contributed by atoms with Gasteiger partial charge in [-0.25, -0.2) is 9.97 Å². The first-order valence-corrected chi connectivity index (χ1v) is 11.8. The molecular weight excluding hydrogens is 465 g/mol. The highest BCUT2D eigenvalue weighted by Crippen LogP contribution is 2.39. The van der Waals surface area contributed by atoms with Crippen molar-refractivity contribution in [2.75, 3.05) is 17.2 Å². The van der Waals surface area contributed by atoms with Gasteiger partial charge in [0.05, 0.1) is 34.6 Å². The van der Waals surface area contributed by atoms with Crippen molar-refractivity contribution in [2.45, 2.75) is 51.1 Å². The van der Waals surface area contributed by atoms with E-state index in [-0.39, 0.29) is 30.5 Å². The number of primary amides is 1. The summed E-state index contributed by atoms with van der Waals surface area (Å²) >= 11 is 12.8. The molecule has 0 aliphatic heterocycles. The van der Waals surface area contributed by atoms with Gasteiger partial charge in [-0.2, -0.15) is 4.98 Å². The van der Waals surface area contributed by atoms with Crippen LogP contribution in [0.1, 0.15) is 45.1 Å². The monoisotopic (exact) mass is 491 g/mol. The van der Waals surface area contributed by atoms with E-state index in [9.17, 15) is 9.90 Å². The van der Waals surface area contributed by atoms with E-state index in [0.717, 1.165) is 19.3 Å². The summed E-state index contributed by atoms with van der Waals surface area (Å²) in [5.41, 5.74) is 7.35. The third kappa shape index (κ3) is 5.00. The summed E-state index contributed by atoms with van der Waals surface area (Å²) in [7, 11) is 0. The quantitative estimate of drug-likeness (QED) is 0.369. The maximum atomic E-state index is 11.7. The molecule has 1 aromatic carbocycles. The smallest absolute Gasteiger partial charge is 0.225 e. The zero-order valence-electron chi connectivity index (χ0n) is 18.3. The van der Waals surface area contributed by atoms with Crippen LogP contribution >= 0.6 is 23.2 Å². The number of nitrogens with one attached hydrogen (secondary N) is 2. The number of anilines is 3. The fraction of sp³-hybridized carbons (Fsp3) is 0.455. The van der Waals surface area contributed by atoms with Gasteiger partial charge in [0.2, 0.25) is 17.8 Å². The molecule has 1 saturated carbocycles. The zero-order valence-corrected chi connectivity index (χ0v) is 19.8.